The van der Waals surface area contributed by atoms with Crippen LogP contribution < -0.4 is 5.32 Å². The molecule has 6 atom stereocenters. The van der Waals surface area contributed by atoms with Crippen LogP contribution in [-0.2, 0) is 28.4 Å². The molecule has 0 spiro atoms. The Kier molecular flexibility index (Phi) is 8.65. The number of amides is 1. The van der Waals surface area contributed by atoms with Gasteiger partial charge in [0.15, 0.2) is 12.4 Å². The average Bonchev–Trinajstić information content (AvgIpc) is 3.14. The normalized spacial score (nSPS) is 35.3. The highest BCUT2D eigenvalue weighted by molar-refractivity contribution is 6.67. The summed E-state index contributed by atoms with van der Waals surface area (Å²) in [4.78, 5) is 12.5. The van der Waals surface area contributed by atoms with Gasteiger partial charge < -0.3 is 33.7 Å². The van der Waals surface area contributed by atoms with Crippen LogP contribution in [0.2, 0.25) is 0 Å². The molecule has 3 aliphatic rings. The number of halogens is 5. The highest BCUT2D eigenvalue weighted by Gasteiger charge is 2.58. The molecule has 0 bridgehead atoms. The van der Waals surface area contributed by atoms with Crippen LogP contribution in [0.4, 0.5) is 13.6 Å². The van der Waals surface area contributed by atoms with E-state index in [4.69, 9.17) is 58.5 Å². The van der Waals surface area contributed by atoms with Crippen LogP contribution >= 0.6 is 34.8 Å². The molecule has 2 saturated heterocycles. The van der Waals surface area contributed by atoms with Gasteiger partial charge in [-0.3, -0.25) is 0 Å². The van der Waals surface area contributed by atoms with Gasteiger partial charge in [0.2, 0.25) is 10.1 Å². The highest BCUT2D eigenvalue weighted by atomic mass is 35.6. The van der Waals surface area contributed by atoms with Crippen molar-refractivity contribution in [3.63, 3.8) is 0 Å². The number of hydrogen-bond donors (Lipinski definition) is 1. The van der Waals surface area contributed by atoms with Gasteiger partial charge in [0, 0.05) is 13.2 Å². The molecular formula is C17H24Cl3F2NO7. The average molecular weight is 499 g/mol. The molecule has 1 N–H and O–H groups in total. The summed E-state index contributed by atoms with van der Waals surface area (Å²) in [6.45, 7) is -3.55. The smallest absolute Gasteiger partial charge is 0.407 e. The first-order valence-corrected chi connectivity index (χ1v) is 10.7. The van der Waals surface area contributed by atoms with Crippen molar-refractivity contribution in [2.75, 3.05) is 13.7 Å². The second kappa shape index (κ2) is 10.6. The SMILES string of the molecule is CO[C@H]1O[C@H](COC(F)F)[C@H]2OC(C(Cl)(Cl)Cl)O[C@H]2[C@@H]1OC(=O)NC1CCCCC1. The minimum Gasteiger partial charge on any atom is -0.438 e. The van der Waals surface area contributed by atoms with Crippen molar-refractivity contribution in [1.29, 1.82) is 0 Å². The van der Waals surface area contributed by atoms with Gasteiger partial charge in [0.05, 0.1) is 6.61 Å². The Labute approximate surface area is 187 Å². The molecule has 8 nitrogen and oxygen atoms in total. The van der Waals surface area contributed by atoms with Gasteiger partial charge >= 0.3 is 12.7 Å². The van der Waals surface area contributed by atoms with Gasteiger partial charge in [-0.15, -0.1) is 0 Å². The molecule has 13 heteroatoms. The molecule has 0 aromatic rings. The molecule has 0 aromatic carbocycles. The predicted octanol–water partition coefficient (Wildman–Crippen LogP) is 3.50. The number of methoxy groups -OCH3 is 1. The van der Waals surface area contributed by atoms with E-state index < -0.39 is 60.1 Å². The first-order valence-electron chi connectivity index (χ1n) is 9.62. The van der Waals surface area contributed by atoms with E-state index in [0.29, 0.717) is 0 Å². The third-order valence-electron chi connectivity index (χ3n) is 5.21. The van der Waals surface area contributed by atoms with Gasteiger partial charge in [0.25, 0.3) is 0 Å². The molecule has 2 heterocycles. The topological polar surface area (TPSA) is 84.5 Å². The lowest BCUT2D eigenvalue weighted by Gasteiger charge is -2.40. The van der Waals surface area contributed by atoms with Crippen molar-refractivity contribution < 1.29 is 42.0 Å². The number of hydrogen-bond acceptors (Lipinski definition) is 7. The molecular weight excluding hydrogens is 475 g/mol. The van der Waals surface area contributed by atoms with E-state index in [1.54, 1.807) is 0 Å². The molecule has 3 fully saturated rings. The number of ether oxygens (including phenoxy) is 6. The Morgan fingerprint density at radius 3 is 2.40 bits per heavy atom. The molecule has 1 aliphatic carbocycles. The van der Waals surface area contributed by atoms with E-state index in [2.05, 4.69) is 10.1 Å². The Morgan fingerprint density at radius 1 is 1.13 bits per heavy atom. The quantitative estimate of drug-likeness (QED) is 0.561. The number of carbonyl (C=O) groups excluding carboxylic acids is 1. The first kappa shape index (κ1) is 24.4. The summed E-state index contributed by atoms with van der Waals surface area (Å²) < 4.78 is 55.1. The molecule has 3 rings (SSSR count). The van der Waals surface area contributed by atoms with Gasteiger partial charge in [-0.2, -0.15) is 8.78 Å². The molecule has 0 aromatic heterocycles. The number of fused-ring (bicyclic) bond motifs is 1. The fourth-order valence-electron chi connectivity index (χ4n) is 3.86. The van der Waals surface area contributed by atoms with E-state index in [1.807, 2.05) is 0 Å². The van der Waals surface area contributed by atoms with E-state index in [0.717, 1.165) is 32.1 Å². The molecule has 1 amide bonds. The number of nitrogens with one attached hydrogen (secondary N) is 1. The minimum absolute atomic E-state index is 0.00871. The fourth-order valence-corrected chi connectivity index (χ4v) is 4.17. The Hall–Kier alpha value is -0.200. The monoisotopic (exact) mass is 497 g/mol. The lowest BCUT2D eigenvalue weighted by atomic mass is 9.96. The molecule has 0 radical (unpaired) electrons. The van der Waals surface area contributed by atoms with Crippen LogP contribution in [0.3, 0.4) is 0 Å². The van der Waals surface area contributed by atoms with Gasteiger partial charge in [-0.25, -0.2) is 4.79 Å². The van der Waals surface area contributed by atoms with Crippen molar-refractivity contribution in [3.8, 4) is 0 Å². The summed E-state index contributed by atoms with van der Waals surface area (Å²) in [5.74, 6) is 0. The van der Waals surface area contributed by atoms with E-state index >= 15 is 0 Å². The zero-order valence-electron chi connectivity index (χ0n) is 16.1. The maximum absolute atomic E-state index is 12.5. The first-order chi connectivity index (χ1) is 14.2. The fraction of sp³-hybridized carbons (Fsp3) is 0.941. The second-order valence-electron chi connectivity index (χ2n) is 7.30. The highest BCUT2D eigenvalue weighted by Crippen LogP contribution is 2.43. The van der Waals surface area contributed by atoms with Crippen LogP contribution in [0, 0.1) is 0 Å². The van der Waals surface area contributed by atoms with Crippen molar-refractivity contribution in [2.45, 2.75) is 85.5 Å². The maximum atomic E-state index is 12.5. The van der Waals surface area contributed by atoms with Crippen molar-refractivity contribution in [2.24, 2.45) is 0 Å². The van der Waals surface area contributed by atoms with Crippen LogP contribution in [-0.4, -0.2) is 73.3 Å². The summed E-state index contributed by atoms with van der Waals surface area (Å²) in [5.41, 5.74) is 0. The predicted molar refractivity (Wildman–Crippen MR) is 102 cm³/mol. The summed E-state index contributed by atoms with van der Waals surface area (Å²) in [7, 11) is 1.31. The Balaban J connectivity index is 1.71. The van der Waals surface area contributed by atoms with Gasteiger partial charge in [-0.1, -0.05) is 54.1 Å². The third kappa shape index (κ3) is 6.19. The van der Waals surface area contributed by atoms with Crippen molar-refractivity contribution >= 4 is 40.9 Å². The largest absolute Gasteiger partial charge is 0.438 e. The van der Waals surface area contributed by atoms with Crippen LogP contribution in [0.5, 0.6) is 0 Å². The molecule has 1 unspecified atom stereocenters. The summed E-state index contributed by atoms with van der Waals surface area (Å²) in [5, 5.41) is 2.81. The van der Waals surface area contributed by atoms with E-state index in [-0.39, 0.29) is 6.04 Å². The molecule has 174 valence electrons. The number of rotatable bonds is 6. The minimum atomic E-state index is -3.02. The summed E-state index contributed by atoms with van der Waals surface area (Å²) in [6, 6.07) is 0.00871. The van der Waals surface area contributed by atoms with Crippen molar-refractivity contribution in [3.05, 3.63) is 0 Å². The lowest BCUT2D eigenvalue weighted by Crippen LogP contribution is -2.60. The molecule has 1 saturated carbocycles. The number of carbonyl (C=O) groups is 1. The lowest BCUT2D eigenvalue weighted by molar-refractivity contribution is -0.284. The van der Waals surface area contributed by atoms with E-state index in [9.17, 15) is 13.6 Å². The van der Waals surface area contributed by atoms with Gasteiger partial charge in [0.1, 0.15) is 18.3 Å². The standard InChI is InChI=1S/C17H24Cl3F2NO7/c1-25-13-12(30-16(24)23-8-5-3-2-4-6-8)11-10(9(27-13)7-26-15(21)22)28-14(29-11)17(18,19)20/h8-15H,2-7H2,1H3,(H,23,24)/t9-,10-,11-,12+,13+,14?/m1/s1. The Morgan fingerprint density at radius 2 is 1.80 bits per heavy atom. The van der Waals surface area contributed by atoms with Crippen LogP contribution in [0.1, 0.15) is 32.1 Å². The Bertz CT molecular complexity index is 580. The molecule has 2 aliphatic heterocycles. The number of alkyl halides is 5. The number of alkyl carbamates (subject to hydrolysis) is 1. The zero-order valence-corrected chi connectivity index (χ0v) is 18.4. The third-order valence-corrected chi connectivity index (χ3v) is 5.74. The molecule has 30 heavy (non-hydrogen) atoms. The summed E-state index contributed by atoms with van der Waals surface area (Å²) >= 11 is 17.6. The van der Waals surface area contributed by atoms with Crippen molar-refractivity contribution in [1.82, 2.24) is 5.32 Å². The van der Waals surface area contributed by atoms with E-state index in [1.165, 1.54) is 7.11 Å². The second-order valence-corrected chi connectivity index (χ2v) is 9.67. The zero-order chi connectivity index (χ0) is 21.9. The van der Waals surface area contributed by atoms with Crippen LogP contribution in [0.15, 0.2) is 0 Å². The van der Waals surface area contributed by atoms with Crippen LogP contribution in [0.25, 0.3) is 0 Å². The maximum Gasteiger partial charge on any atom is 0.407 e. The summed E-state index contributed by atoms with van der Waals surface area (Å²) in [6.07, 6.45) is -2.37. The van der Waals surface area contributed by atoms with Gasteiger partial charge in [-0.05, 0) is 12.8 Å².